The van der Waals surface area contributed by atoms with Gasteiger partial charge in [0, 0.05) is 24.2 Å². The summed E-state index contributed by atoms with van der Waals surface area (Å²) < 4.78 is 2.12. The van der Waals surface area contributed by atoms with Gasteiger partial charge in [-0.3, -0.25) is 4.40 Å². The molecular formula is C21H21N5S. The zero-order chi connectivity index (χ0) is 18.2. The van der Waals surface area contributed by atoms with Crippen LogP contribution in [0.25, 0.3) is 27.3 Å². The fraction of sp³-hybridized carbons (Fsp3) is 0.238. The van der Waals surface area contributed by atoms with Gasteiger partial charge in [0.15, 0.2) is 11.5 Å². The van der Waals surface area contributed by atoms with Gasteiger partial charge in [0.2, 0.25) is 0 Å². The van der Waals surface area contributed by atoms with E-state index in [9.17, 15) is 0 Å². The Hall–Kier alpha value is -2.70. The van der Waals surface area contributed by atoms with Crippen LogP contribution in [0.3, 0.4) is 0 Å². The number of hydrogen-bond donors (Lipinski definition) is 2. The lowest BCUT2D eigenvalue weighted by Gasteiger charge is -2.20. The number of nitrogens with one attached hydrogen (secondary N) is 1. The first kappa shape index (κ1) is 16.5. The van der Waals surface area contributed by atoms with E-state index in [0.717, 1.165) is 36.5 Å². The van der Waals surface area contributed by atoms with Gasteiger partial charge in [0.05, 0.1) is 22.5 Å². The summed E-state index contributed by atoms with van der Waals surface area (Å²) in [6.45, 7) is 2.06. The normalized spacial score (nSPS) is 17.4. The van der Waals surface area contributed by atoms with E-state index in [0.29, 0.717) is 11.7 Å². The topological polar surface area (TPSA) is 68.2 Å². The Balaban J connectivity index is 1.65. The molecule has 5 nitrogen and oxygen atoms in total. The number of hydrogen-bond acceptors (Lipinski definition) is 5. The zero-order valence-corrected chi connectivity index (χ0v) is 15.7. The molecule has 4 aromatic rings. The lowest BCUT2D eigenvalue weighted by atomic mass is 9.97. The van der Waals surface area contributed by atoms with Crippen molar-refractivity contribution < 1.29 is 0 Å². The molecule has 0 amide bonds. The van der Waals surface area contributed by atoms with Gasteiger partial charge in [0.25, 0.3) is 0 Å². The van der Waals surface area contributed by atoms with Crippen LogP contribution in [0.15, 0.2) is 54.2 Å². The highest BCUT2D eigenvalue weighted by Gasteiger charge is 2.21. The Morgan fingerprint density at radius 3 is 2.89 bits per heavy atom. The molecule has 1 fully saturated rings. The fourth-order valence-electron chi connectivity index (χ4n) is 3.84. The van der Waals surface area contributed by atoms with Crippen LogP contribution < -0.4 is 11.1 Å². The van der Waals surface area contributed by atoms with Crippen LogP contribution in [0.4, 0.5) is 5.82 Å². The molecule has 0 aliphatic carbocycles. The van der Waals surface area contributed by atoms with Crippen LogP contribution in [0.2, 0.25) is 0 Å². The first-order valence-corrected chi connectivity index (χ1v) is 10.2. The number of rotatable bonds is 3. The molecule has 1 saturated heterocycles. The van der Waals surface area contributed by atoms with E-state index >= 15 is 0 Å². The summed E-state index contributed by atoms with van der Waals surface area (Å²) in [5, 5.41) is 5.60. The van der Waals surface area contributed by atoms with Gasteiger partial charge < -0.3 is 11.1 Å². The number of thiophene rings is 1. The molecule has 0 spiro atoms. The number of nitrogens with zero attached hydrogens (tertiary/aromatic N) is 3. The lowest BCUT2D eigenvalue weighted by Crippen LogP contribution is -2.28. The molecule has 1 aromatic carbocycles. The molecule has 1 aliphatic rings. The minimum atomic E-state index is 0.433. The average molecular weight is 376 g/mol. The second-order valence-corrected chi connectivity index (χ2v) is 7.88. The third-order valence-electron chi connectivity index (χ3n) is 5.24. The summed E-state index contributed by atoms with van der Waals surface area (Å²) in [4.78, 5) is 10.5. The Morgan fingerprint density at radius 2 is 2.07 bits per heavy atom. The lowest BCUT2D eigenvalue weighted by molar-refractivity contribution is 0.456. The number of imidazole rings is 1. The highest BCUT2D eigenvalue weighted by atomic mass is 32.1. The Morgan fingerprint density at radius 1 is 1.19 bits per heavy atom. The van der Waals surface area contributed by atoms with E-state index in [4.69, 9.17) is 10.7 Å². The smallest absolute Gasteiger partial charge is 0.180 e. The molecule has 0 saturated carbocycles. The van der Waals surface area contributed by atoms with Crippen molar-refractivity contribution in [2.45, 2.75) is 18.8 Å². The van der Waals surface area contributed by atoms with E-state index < -0.39 is 0 Å². The van der Waals surface area contributed by atoms with E-state index in [-0.39, 0.29) is 0 Å². The maximum Gasteiger partial charge on any atom is 0.180 e. The van der Waals surface area contributed by atoms with E-state index in [1.165, 1.54) is 22.4 Å². The SMILES string of the molecule is Nc1ncc(-c2sccc2-c2ccccc2)n2cc([C@H]3CCCNC3)nc12. The number of anilines is 1. The summed E-state index contributed by atoms with van der Waals surface area (Å²) in [6.07, 6.45) is 6.36. The molecule has 0 bridgehead atoms. The molecule has 5 rings (SSSR count). The standard InChI is InChI=1S/C21H21N5S/c22-20-21-25-17(15-7-4-9-23-11-15)13-26(21)18(12-24-20)19-16(8-10-27-19)14-5-2-1-3-6-14/h1-3,5-6,8,10,12-13,15,23H,4,7,9,11H2,(H2,22,24)/t15-/m0/s1. The first-order chi connectivity index (χ1) is 13.3. The summed E-state index contributed by atoms with van der Waals surface area (Å²) in [5.74, 6) is 0.911. The first-order valence-electron chi connectivity index (χ1n) is 9.29. The molecular weight excluding hydrogens is 354 g/mol. The number of fused-ring (bicyclic) bond motifs is 1. The second kappa shape index (κ2) is 6.79. The quantitative estimate of drug-likeness (QED) is 0.564. The van der Waals surface area contributed by atoms with E-state index in [1.54, 1.807) is 11.3 Å². The van der Waals surface area contributed by atoms with Crippen LogP contribution in [-0.2, 0) is 0 Å². The minimum absolute atomic E-state index is 0.433. The number of aromatic nitrogens is 3. The van der Waals surface area contributed by atoms with Gasteiger partial charge in [-0.25, -0.2) is 9.97 Å². The minimum Gasteiger partial charge on any atom is -0.381 e. The van der Waals surface area contributed by atoms with Crippen molar-refractivity contribution in [3.63, 3.8) is 0 Å². The summed E-state index contributed by atoms with van der Waals surface area (Å²) in [6, 6.07) is 12.6. The predicted octanol–water partition coefficient (Wildman–Crippen LogP) is 4.17. The molecule has 0 unspecified atom stereocenters. The van der Waals surface area contributed by atoms with Crippen molar-refractivity contribution in [2.75, 3.05) is 18.8 Å². The predicted molar refractivity (Wildman–Crippen MR) is 111 cm³/mol. The monoisotopic (exact) mass is 375 g/mol. The number of nitrogens with two attached hydrogens (primary N) is 1. The molecule has 0 radical (unpaired) electrons. The largest absolute Gasteiger partial charge is 0.381 e. The van der Waals surface area contributed by atoms with Crippen LogP contribution in [0.5, 0.6) is 0 Å². The van der Waals surface area contributed by atoms with Gasteiger partial charge >= 0.3 is 0 Å². The third kappa shape index (κ3) is 2.91. The van der Waals surface area contributed by atoms with E-state index in [2.05, 4.69) is 56.6 Å². The van der Waals surface area contributed by atoms with Crippen LogP contribution in [0, 0.1) is 0 Å². The number of benzene rings is 1. The molecule has 6 heteroatoms. The number of nitrogen functional groups attached to an aromatic ring is 1. The van der Waals surface area contributed by atoms with Crippen molar-refractivity contribution in [1.29, 1.82) is 0 Å². The maximum atomic E-state index is 6.16. The van der Waals surface area contributed by atoms with Crippen LogP contribution in [-0.4, -0.2) is 27.5 Å². The van der Waals surface area contributed by atoms with Gasteiger partial charge in [-0.1, -0.05) is 30.3 Å². The second-order valence-electron chi connectivity index (χ2n) is 6.96. The Labute approximate surface area is 161 Å². The maximum absolute atomic E-state index is 6.16. The summed E-state index contributed by atoms with van der Waals surface area (Å²) in [5.41, 5.74) is 11.5. The van der Waals surface area contributed by atoms with Gasteiger partial charge in [-0.15, -0.1) is 11.3 Å². The Kier molecular flexibility index (Phi) is 4.14. The third-order valence-corrected chi connectivity index (χ3v) is 6.17. The zero-order valence-electron chi connectivity index (χ0n) is 14.9. The summed E-state index contributed by atoms with van der Waals surface area (Å²) in [7, 11) is 0. The molecule has 1 aliphatic heterocycles. The van der Waals surface area contributed by atoms with Crippen molar-refractivity contribution >= 4 is 22.8 Å². The highest BCUT2D eigenvalue weighted by Crippen LogP contribution is 2.37. The van der Waals surface area contributed by atoms with Crippen LogP contribution in [0.1, 0.15) is 24.5 Å². The molecule has 1 atom stereocenters. The molecule has 136 valence electrons. The van der Waals surface area contributed by atoms with Gasteiger partial charge in [0.1, 0.15) is 0 Å². The molecule has 27 heavy (non-hydrogen) atoms. The highest BCUT2D eigenvalue weighted by molar-refractivity contribution is 7.14. The molecule has 4 heterocycles. The van der Waals surface area contributed by atoms with Crippen molar-refractivity contribution in [3.05, 3.63) is 59.9 Å². The van der Waals surface area contributed by atoms with Gasteiger partial charge in [-0.2, -0.15) is 0 Å². The van der Waals surface area contributed by atoms with Crippen molar-refractivity contribution in [1.82, 2.24) is 19.7 Å². The van der Waals surface area contributed by atoms with Crippen LogP contribution >= 0.6 is 11.3 Å². The van der Waals surface area contributed by atoms with E-state index in [1.807, 2.05) is 12.3 Å². The Bertz CT molecular complexity index is 1080. The fourth-order valence-corrected chi connectivity index (χ4v) is 4.76. The average Bonchev–Trinajstić information content (AvgIpc) is 3.38. The summed E-state index contributed by atoms with van der Waals surface area (Å²) >= 11 is 1.72. The van der Waals surface area contributed by atoms with Crippen molar-refractivity contribution in [3.8, 4) is 21.7 Å². The van der Waals surface area contributed by atoms with Crippen molar-refractivity contribution in [2.24, 2.45) is 0 Å². The molecule has 3 N–H and O–H groups in total. The molecule has 3 aromatic heterocycles. The van der Waals surface area contributed by atoms with Gasteiger partial charge in [-0.05, 0) is 36.4 Å². The number of piperidine rings is 1.